The number of rotatable bonds is 6. The molecule has 3 rings (SSSR count). The highest BCUT2D eigenvalue weighted by molar-refractivity contribution is 5.79. The zero-order valence-corrected chi connectivity index (χ0v) is 16.7. The lowest BCUT2D eigenvalue weighted by Crippen LogP contribution is -2.45. The van der Waals surface area contributed by atoms with Gasteiger partial charge in [-0.3, -0.25) is 14.6 Å². The van der Waals surface area contributed by atoms with E-state index in [0.29, 0.717) is 13.1 Å². The Bertz CT molecular complexity index is 812. The van der Waals surface area contributed by atoms with Crippen molar-refractivity contribution in [3.05, 3.63) is 53.3 Å². The molecule has 0 aliphatic carbocycles. The smallest absolute Gasteiger partial charge is 0.355 e. The van der Waals surface area contributed by atoms with Crippen molar-refractivity contribution in [1.29, 1.82) is 0 Å². The maximum absolute atomic E-state index is 12.7. The Morgan fingerprint density at radius 1 is 1.28 bits per heavy atom. The topological polar surface area (TPSA) is 57.5 Å². The number of alkyl halides is 3. The summed E-state index contributed by atoms with van der Waals surface area (Å²) in [5, 5.41) is 11.0. The summed E-state index contributed by atoms with van der Waals surface area (Å²) in [6, 6.07) is 5.66. The molecule has 6 nitrogen and oxygen atoms in total. The van der Waals surface area contributed by atoms with Gasteiger partial charge >= 0.3 is 6.18 Å². The van der Waals surface area contributed by atoms with Crippen molar-refractivity contribution in [1.82, 2.24) is 25.3 Å². The molecule has 2 aromatic rings. The zero-order chi connectivity index (χ0) is 20.9. The maximum Gasteiger partial charge on any atom is 0.416 e. The van der Waals surface area contributed by atoms with Crippen molar-refractivity contribution in [2.24, 2.45) is 4.99 Å². The molecular weight excluding hydrogens is 381 g/mol. The highest BCUT2D eigenvalue weighted by Gasteiger charge is 2.30. The molecule has 2 heterocycles. The summed E-state index contributed by atoms with van der Waals surface area (Å²) in [6.07, 6.45) is 0.491. The van der Waals surface area contributed by atoms with Gasteiger partial charge in [0.2, 0.25) is 0 Å². The first kappa shape index (κ1) is 21.2. The van der Waals surface area contributed by atoms with E-state index in [-0.39, 0.29) is 6.04 Å². The van der Waals surface area contributed by atoms with Crippen molar-refractivity contribution in [3.8, 4) is 0 Å². The van der Waals surface area contributed by atoms with E-state index in [1.165, 1.54) is 0 Å². The van der Waals surface area contributed by atoms with Crippen molar-refractivity contribution >= 4 is 5.96 Å². The first-order chi connectivity index (χ1) is 13.8. The predicted molar refractivity (Wildman–Crippen MR) is 107 cm³/mol. The number of guanidine groups is 1. The number of aliphatic imine (C=N–C) groups is 1. The molecule has 1 aromatic carbocycles. The number of nitrogens with one attached hydrogen (secondary N) is 2. The highest BCUT2D eigenvalue weighted by atomic mass is 19.4. The van der Waals surface area contributed by atoms with Gasteiger partial charge in [-0.15, -0.1) is 0 Å². The number of halogens is 3. The molecule has 1 fully saturated rings. The fraction of sp³-hybridized carbons (Fsp3) is 0.500. The maximum atomic E-state index is 12.7. The number of hydrogen-bond donors (Lipinski definition) is 2. The lowest BCUT2D eigenvalue weighted by atomic mass is 10.1. The van der Waals surface area contributed by atoms with Gasteiger partial charge in [0.05, 0.1) is 18.3 Å². The van der Waals surface area contributed by atoms with Gasteiger partial charge in [-0.05, 0) is 36.6 Å². The van der Waals surface area contributed by atoms with E-state index in [2.05, 4.69) is 25.6 Å². The second-order valence-electron chi connectivity index (χ2n) is 7.34. The molecule has 29 heavy (non-hydrogen) atoms. The number of aromatic nitrogens is 2. The van der Waals surface area contributed by atoms with Gasteiger partial charge in [-0.1, -0.05) is 12.1 Å². The molecule has 0 spiro atoms. The Kier molecular flexibility index (Phi) is 6.79. The average Bonchev–Trinajstić information content (AvgIpc) is 3.29. The van der Waals surface area contributed by atoms with Gasteiger partial charge in [-0.25, -0.2) is 0 Å². The minimum absolute atomic E-state index is 0.252. The second-order valence-corrected chi connectivity index (χ2v) is 7.34. The van der Waals surface area contributed by atoms with E-state index in [0.717, 1.165) is 55.3 Å². The Hall–Kier alpha value is -2.55. The standard InChI is InChI=1S/C20H27F3N6/c1-15-11-26-29(12-15)10-8-25-19(24-2)27-18-7-9-28(14-18)13-16-3-5-17(6-4-16)20(21,22)23/h3-6,11-12,18H,7-10,13-14H2,1-2H3,(H2,24,25,27). The fourth-order valence-electron chi connectivity index (χ4n) is 3.42. The number of likely N-dealkylation sites (tertiary alicyclic amines) is 1. The highest BCUT2D eigenvalue weighted by Crippen LogP contribution is 2.29. The van der Waals surface area contributed by atoms with Crippen LogP contribution in [-0.2, 0) is 19.3 Å². The number of benzene rings is 1. The van der Waals surface area contributed by atoms with Crippen LogP contribution in [0.5, 0.6) is 0 Å². The van der Waals surface area contributed by atoms with Crippen molar-refractivity contribution in [2.45, 2.75) is 38.7 Å². The summed E-state index contributed by atoms with van der Waals surface area (Å²) >= 11 is 0. The van der Waals surface area contributed by atoms with Gasteiger partial charge in [0.15, 0.2) is 5.96 Å². The molecule has 0 saturated carbocycles. The molecule has 1 aliphatic heterocycles. The van der Waals surface area contributed by atoms with E-state index < -0.39 is 11.7 Å². The van der Waals surface area contributed by atoms with Crippen LogP contribution in [0.25, 0.3) is 0 Å². The number of nitrogens with zero attached hydrogens (tertiary/aromatic N) is 4. The van der Waals surface area contributed by atoms with Gasteiger partial charge < -0.3 is 10.6 Å². The number of aryl methyl sites for hydroxylation is 1. The Morgan fingerprint density at radius 3 is 2.66 bits per heavy atom. The van der Waals surface area contributed by atoms with Gasteiger partial charge in [0.1, 0.15) is 0 Å². The molecule has 1 unspecified atom stereocenters. The van der Waals surface area contributed by atoms with Crippen LogP contribution in [0.3, 0.4) is 0 Å². The summed E-state index contributed by atoms with van der Waals surface area (Å²) in [4.78, 5) is 6.51. The summed E-state index contributed by atoms with van der Waals surface area (Å²) in [5.74, 6) is 0.746. The van der Waals surface area contributed by atoms with E-state index >= 15 is 0 Å². The molecule has 1 saturated heterocycles. The van der Waals surface area contributed by atoms with E-state index in [1.54, 1.807) is 19.2 Å². The molecule has 158 valence electrons. The van der Waals surface area contributed by atoms with Crippen LogP contribution in [-0.4, -0.2) is 53.4 Å². The van der Waals surface area contributed by atoms with E-state index in [4.69, 9.17) is 0 Å². The molecule has 1 aliphatic rings. The first-order valence-electron chi connectivity index (χ1n) is 9.68. The summed E-state index contributed by atoms with van der Waals surface area (Å²) in [6.45, 7) is 5.82. The molecule has 2 N–H and O–H groups in total. The lowest BCUT2D eigenvalue weighted by Gasteiger charge is -2.19. The van der Waals surface area contributed by atoms with Crippen LogP contribution in [0.15, 0.2) is 41.7 Å². The van der Waals surface area contributed by atoms with Crippen LogP contribution < -0.4 is 10.6 Å². The van der Waals surface area contributed by atoms with Crippen LogP contribution >= 0.6 is 0 Å². The molecular formula is C20H27F3N6. The second kappa shape index (κ2) is 9.30. The molecule has 0 bridgehead atoms. The third-order valence-corrected chi connectivity index (χ3v) is 4.92. The zero-order valence-electron chi connectivity index (χ0n) is 16.7. The Morgan fingerprint density at radius 2 is 2.03 bits per heavy atom. The summed E-state index contributed by atoms with van der Waals surface area (Å²) in [5.41, 5.74) is 1.41. The van der Waals surface area contributed by atoms with Gasteiger partial charge in [-0.2, -0.15) is 18.3 Å². The minimum atomic E-state index is -4.29. The fourth-order valence-corrected chi connectivity index (χ4v) is 3.42. The SMILES string of the molecule is CN=C(NCCn1cc(C)cn1)NC1CCN(Cc2ccc(C(F)(F)F)cc2)C1. The third kappa shape index (κ3) is 6.22. The van der Waals surface area contributed by atoms with Crippen LogP contribution in [0.1, 0.15) is 23.1 Å². The van der Waals surface area contributed by atoms with Crippen molar-refractivity contribution in [3.63, 3.8) is 0 Å². The quantitative estimate of drug-likeness (QED) is 0.570. The first-order valence-corrected chi connectivity index (χ1v) is 9.68. The molecule has 0 radical (unpaired) electrons. The lowest BCUT2D eigenvalue weighted by molar-refractivity contribution is -0.137. The van der Waals surface area contributed by atoms with Gasteiger partial charge in [0, 0.05) is 45.5 Å². The normalized spacial score (nSPS) is 18.2. The Balaban J connectivity index is 1.42. The average molecular weight is 408 g/mol. The van der Waals surface area contributed by atoms with E-state index in [1.807, 2.05) is 24.0 Å². The van der Waals surface area contributed by atoms with Crippen LogP contribution in [0, 0.1) is 6.92 Å². The third-order valence-electron chi connectivity index (χ3n) is 4.92. The van der Waals surface area contributed by atoms with Gasteiger partial charge in [0.25, 0.3) is 0 Å². The molecule has 1 atom stereocenters. The predicted octanol–water partition coefficient (Wildman–Crippen LogP) is 2.65. The van der Waals surface area contributed by atoms with Crippen LogP contribution in [0.2, 0.25) is 0 Å². The minimum Gasteiger partial charge on any atom is -0.355 e. The summed E-state index contributed by atoms with van der Waals surface area (Å²) in [7, 11) is 1.74. The molecule has 9 heteroatoms. The van der Waals surface area contributed by atoms with Crippen molar-refractivity contribution < 1.29 is 13.2 Å². The van der Waals surface area contributed by atoms with E-state index in [9.17, 15) is 13.2 Å². The molecule has 1 aromatic heterocycles. The molecule has 0 amide bonds. The van der Waals surface area contributed by atoms with Crippen molar-refractivity contribution in [2.75, 3.05) is 26.7 Å². The number of hydrogen-bond acceptors (Lipinski definition) is 3. The summed E-state index contributed by atoms with van der Waals surface area (Å²) < 4.78 is 39.9. The Labute approximate surface area is 168 Å². The monoisotopic (exact) mass is 408 g/mol. The largest absolute Gasteiger partial charge is 0.416 e. The van der Waals surface area contributed by atoms with Crippen LogP contribution in [0.4, 0.5) is 13.2 Å².